The highest BCUT2D eigenvalue weighted by atomic mass is 35.5. The predicted octanol–water partition coefficient (Wildman–Crippen LogP) is 6.17. The monoisotopic (exact) mass is 386 g/mol. The molecule has 0 spiro atoms. The van der Waals surface area contributed by atoms with Crippen molar-refractivity contribution in [3.63, 3.8) is 0 Å². The van der Waals surface area contributed by atoms with Crippen LogP contribution in [0.5, 0.6) is 5.75 Å². The van der Waals surface area contributed by atoms with Crippen LogP contribution in [-0.2, 0) is 0 Å². The van der Waals surface area contributed by atoms with E-state index >= 15 is 0 Å². The van der Waals surface area contributed by atoms with Gasteiger partial charge in [-0.15, -0.1) is 0 Å². The number of carboxylic acids is 1. The van der Waals surface area contributed by atoms with Crippen molar-refractivity contribution in [1.29, 1.82) is 0 Å². The summed E-state index contributed by atoms with van der Waals surface area (Å²) in [5, 5.41) is 10.4. The van der Waals surface area contributed by atoms with Crippen LogP contribution in [0.15, 0.2) is 66.7 Å². The summed E-state index contributed by atoms with van der Waals surface area (Å²) in [5.74, 6) is -0.380. The zero-order valence-electron chi connectivity index (χ0n) is 13.9. The van der Waals surface area contributed by atoms with Gasteiger partial charge in [-0.2, -0.15) is 0 Å². The molecule has 0 heterocycles. The van der Waals surface area contributed by atoms with Crippen molar-refractivity contribution in [3.8, 4) is 5.75 Å². The molecule has 132 valence electrons. The molecule has 1 atom stereocenters. The Hall–Kier alpha value is -2.49. The first-order valence-corrected chi connectivity index (χ1v) is 8.72. The Labute approximate surface area is 161 Å². The molecule has 3 rings (SSSR count). The minimum atomic E-state index is -0.972. The fourth-order valence-electron chi connectivity index (χ4n) is 2.68. The third-order valence-corrected chi connectivity index (χ3v) is 4.62. The van der Waals surface area contributed by atoms with Gasteiger partial charge < -0.3 is 9.84 Å². The number of hydrogen-bond acceptors (Lipinski definition) is 2. The first kappa shape index (κ1) is 18.3. The summed E-state index contributed by atoms with van der Waals surface area (Å²) >= 11 is 12.4. The van der Waals surface area contributed by atoms with Crippen LogP contribution in [0.25, 0.3) is 0 Å². The van der Waals surface area contributed by atoms with Gasteiger partial charge >= 0.3 is 5.97 Å². The Morgan fingerprint density at radius 3 is 2.31 bits per heavy atom. The van der Waals surface area contributed by atoms with Gasteiger partial charge in [0.05, 0.1) is 5.56 Å². The third-order valence-electron chi connectivity index (χ3n) is 4.03. The van der Waals surface area contributed by atoms with E-state index in [0.29, 0.717) is 15.8 Å². The fourth-order valence-corrected chi connectivity index (χ4v) is 3.04. The van der Waals surface area contributed by atoms with Gasteiger partial charge in [0.25, 0.3) is 0 Å². The molecule has 1 unspecified atom stereocenters. The number of carboxylic acid groups (broad SMARTS) is 1. The van der Waals surface area contributed by atoms with E-state index in [-0.39, 0.29) is 5.56 Å². The second-order valence-corrected chi connectivity index (χ2v) is 6.70. The second kappa shape index (κ2) is 7.81. The van der Waals surface area contributed by atoms with Gasteiger partial charge in [0.2, 0.25) is 0 Å². The predicted molar refractivity (Wildman–Crippen MR) is 104 cm³/mol. The Morgan fingerprint density at radius 2 is 1.69 bits per heavy atom. The Morgan fingerprint density at radius 1 is 1.00 bits per heavy atom. The van der Waals surface area contributed by atoms with Crippen molar-refractivity contribution in [2.75, 3.05) is 0 Å². The van der Waals surface area contributed by atoms with Gasteiger partial charge in [0, 0.05) is 15.6 Å². The zero-order chi connectivity index (χ0) is 18.7. The van der Waals surface area contributed by atoms with Gasteiger partial charge in [-0.25, -0.2) is 4.79 Å². The van der Waals surface area contributed by atoms with Gasteiger partial charge in [0.15, 0.2) is 6.10 Å². The van der Waals surface area contributed by atoms with Crippen molar-refractivity contribution in [1.82, 2.24) is 0 Å². The lowest BCUT2D eigenvalue weighted by Gasteiger charge is -2.22. The maximum absolute atomic E-state index is 11.1. The van der Waals surface area contributed by atoms with Crippen molar-refractivity contribution in [2.24, 2.45) is 0 Å². The average molecular weight is 387 g/mol. The molecule has 0 fully saturated rings. The highest BCUT2D eigenvalue weighted by Gasteiger charge is 2.20. The quantitative estimate of drug-likeness (QED) is 0.570. The highest BCUT2D eigenvalue weighted by molar-refractivity contribution is 6.31. The number of benzene rings is 3. The molecule has 0 bridgehead atoms. The first-order chi connectivity index (χ1) is 12.5. The van der Waals surface area contributed by atoms with E-state index in [2.05, 4.69) is 0 Å². The zero-order valence-corrected chi connectivity index (χ0v) is 15.5. The van der Waals surface area contributed by atoms with Crippen LogP contribution in [0.2, 0.25) is 10.0 Å². The van der Waals surface area contributed by atoms with E-state index in [1.807, 2.05) is 43.3 Å². The summed E-state index contributed by atoms with van der Waals surface area (Å²) < 4.78 is 6.25. The Bertz CT molecular complexity index is 936. The van der Waals surface area contributed by atoms with Crippen molar-refractivity contribution in [2.45, 2.75) is 13.0 Å². The maximum atomic E-state index is 11.1. The number of carbonyl (C=O) groups is 1. The fraction of sp³-hybridized carbons (Fsp3) is 0.0952. The summed E-state index contributed by atoms with van der Waals surface area (Å²) in [6.07, 6.45) is -0.449. The van der Waals surface area contributed by atoms with Crippen LogP contribution in [0, 0.1) is 6.92 Å². The van der Waals surface area contributed by atoms with Crippen LogP contribution in [0.1, 0.15) is 33.2 Å². The maximum Gasteiger partial charge on any atom is 0.335 e. The summed E-state index contributed by atoms with van der Waals surface area (Å²) in [5.41, 5.74) is 2.66. The number of aryl methyl sites for hydroxylation is 1. The first-order valence-electron chi connectivity index (χ1n) is 7.96. The van der Waals surface area contributed by atoms with E-state index < -0.39 is 12.1 Å². The molecule has 3 nitrogen and oxygen atoms in total. The average Bonchev–Trinajstić information content (AvgIpc) is 2.62. The molecular formula is C21H16Cl2O3. The number of rotatable bonds is 5. The van der Waals surface area contributed by atoms with Crippen LogP contribution >= 0.6 is 23.2 Å². The normalized spacial score (nSPS) is 11.8. The van der Waals surface area contributed by atoms with Crippen molar-refractivity contribution < 1.29 is 14.6 Å². The Kier molecular flexibility index (Phi) is 5.50. The van der Waals surface area contributed by atoms with Gasteiger partial charge in [0.1, 0.15) is 5.75 Å². The molecule has 3 aromatic rings. The molecule has 0 aliphatic heterocycles. The second-order valence-electron chi connectivity index (χ2n) is 5.86. The van der Waals surface area contributed by atoms with Gasteiger partial charge in [-0.05, 0) is 54.4 Å². The Balaban J connectivity index is 2.03. The minimum Gasteiger partial charge on any atom is -0.481 e. The largest absolute Gasteiger partial charge is 0.481 e. The van der Waals surface area contributed by atoms with Gasteiger partial charge in [-0.1, -0.05) is 53.5 Å². The van der Waals surface area contributed by atoms with E-state index in [4.69, 9.17) is 33.0 Å². The lowest BCUT2D eigenvalue weighted by Crippen LogP contribution is -2.11. The topological polar surface area (TPSA) is 46.5 Å². The van der Waals surface area contributed by atoms with E-state index in [0.717, 1.165) is 16.7 Å². The van der Waals surface area contributed by atoms with Crippen molar-refractivity contribution >= 4 is 29.2 Å². The summed E-state index contributed by atoms with van der Waals surface area (Å²) in [4.78, 5) is 11.1. The summed E-state index contributed by atoms with van der Waals surface area (Å²) in [6, 6.07) is 19.6. The molecule has 0 aromatic heterocycles. The number of aromatic carboxylic acids is 1. The molecule has 3 aromatic carbocycles. The smallest absolute Gasteiger partial charge is 0.335 e. The molecule has 0 saturated heterocycles. The standard InChI is InChI=1S/C21H16Cl2O3/c1-13-12-15(21(24)25)8-11-19(13)26-20(14-6-9-16(22)10-7-14)17-4-2-3-5-18(17)23/h2-12,20H,1H3,(H,24,25). The molecule has 0 radical (unpaired) electrons. The third kappa shape index (κ3) is 4.01. The molecule has 0 aliphatic carbocycles. The molecule has 0 amide bonds. The SMILES string of the molecule is Cc1cc(C(=O)O)ccc1OC(c1ccc(Cl)cc1)c1ccccc1Cl. The molecule has 1 N–H and O–H groups in total. The van der Waals surface area contributed by atoms with E-state index in [1.165, 1.54) is 6.07 Å². The number of hydrogen-bond donors (Lipinski definition) is 1. The van der Waals surface area contributed by atoms with Crippen LogP contribution < -0.4 is 4.74 Å². The molecule has 0 saturated carbocycles. The van der Waals surface area contributed by atoms with Crippen molar-refractivity contribution in [3.05, 3.63) is 99.0 Å². The highest BCUT2D eigenvalue weighted by Crippen LogP contribution is 2.34. The van der Waals surface area contributed by atoms with Crippen LogP contribution in [-0.4, -0.2) is 11.1 Å². The molecule has 26 heavy (non-hydrogen) atoms. The van der Waals surface area contributed by atoms with Gasteiger partial charge in [-0.3, -0.25) is 0 Å². The van der Waals surface area contributed by atoms with Crippen LogP contribution in [0.3, 0.4) is 0 Å². The number of ether oxygens (including phenoxy) is 1. The minimum absolute atomic E-state index is 0.218. The molecular weight excluding hydrogens is 371 g/mol. The van der Waals surface area contributed by atoms with E-state index in [1.54, 1.807) is 24.3 Å². The summed E-state index contributed by atoms with van der Waals surface area (Å²) in [6.45, 7) is 1.81. The lowest BCUT2D eigenvalue weighted by molar-refractivity contribution is 0.0696. The summed E-state index contributed by atoms with van der Waals surface area (Å²) in [7, 11) is 0. The number of halogens is 2. The molecule has 0 aliphatic rings. The van der Waals surface area contributed by atoms with E-state index in [9.17, 15) is 4.79 Å². The lowest BCUT2D eigenvalue weighted by atomic mass is 10.0. The molecule has 5 heteroatoms. The van der Waals surface area contributed by atoms with Crippen LogP contribution in [0.4, 0.5) is 0 Å².